The van der Waals surface area contributed by atoms with Crippen LogP contribution in [-0.4, -0.2) is 27.9 Å². The standard InChI is InChI=1S/C8H11N3O5.Li/c1-8(2,3)16-7(14)9-6-11-10-4(15-6)5(12)13;/h1-3H3,(H,12,13)(H,9,11,14);/q;+1/p-1. The number of ether oxygens (including phenoxy) is 1. The van der Waals surface area contributed by atoms with Crippen LogP contribution in [0.25, 0.3) is 0 Å². The number of nitrogens with zero attached hydrogens (tertiary/aromatic N) is 2. The zero-order valence-electron chi connectivity index (χ0n) is 9.94. The molecule has 1 heterocycles. The molecule has 17 heavy (non-hydrogen) atoms. The van der Waals surface area contributed by atoms with Crippen molar-refractivity contribution in [1.29, 1.82) is 0 Å². The second kappa shape index (κ2) is 5.70. The topological polar surface area (TPSA) is 117 Å². The smallest absolute Gasteiger partial charge is 0.540 e. The summed E-state index contributed by atoms with van der Waals surface area (Å²) >= 11 is 0. The van der Waals surface area contributed by atoms with Crippen molar-refractivity contribution in [3.05, 3.63) is 5.89 Å². The Morgan fingerprint density at radius 1 is 1.35 bits per heavy atom. The number of nitrogens with one attached hydrogen (secondary N) is 1. The quantitative estimate of drug-likeness (QED) is 0.536. The summed E-state index contributed by atoms with van der Waals surface area (Å²) in [5, 5.41) is 18.7. The SMILES string of the molecule is CC(C)(C)OC(=O)Nc1nnc(C(=O)[O-])o1.[Li+]. The van der Waals surface area contributed by atoms with Crippen LogP contribution in [-0.2, 0) is 4.74 Å². The van der Waals surface area contributed by atoms with Gasteiger partial charge in [-0.25, -0.2) is 10.1 Å². The minimum atomic E-state index is -1.62. The molecule has 88 valence electrons. The van der Waals surface area contributed by atoms with E-state index in [4.69, 9.17) is 4.74 Å². The van der Waals surface area contributed by atoms with E-state index in [1.54, 1.807) is 20.8 Å². The summed E-state index contributed by atoms with van der Waals surface area (Å²) < 4.78 is 9.40. The minimum absolute atomic E-state index is 0. The van der Waals surface area contributed by atoms with Crippen molar-refractivity contribution in [3.8, 4) is 0 Å². The number of aromatic nitrogens is 2. The molecule has 0 radical (unpaired) electrons. The van der Waals surface area contributed by atoms with Crippen molar-refractivity contribution in [2.24, 2.45) is 0 Å². The predicted molar refractivity (Wildman–Crippen MR) is 48.5 cm³/mol. The van der Waals surface area contributed by atoms with Gasteiger partial charge in [0.1, 0.15) is 11.6 Å². The molecule has 0 aliphatic heterocycles. The van der Waals surface area contributed by atoms with Crippen LogP contribution in [0.4, 0.5) is 10.8 Å². The number of hydrogen-bond acceptors (Lipinski definition) is 7. The van der Waals surface area contributed by atoms with Crippen molar-refractivity contribution in [3.63, 3.8) is 0 Å². The van der Waals surface area contributed by atoms with Crippen LogP contribution in [0.15, 0.2) is 4.42 Å². The molecule has 0 spiro atoms. The molecule has 8 nitrogen and oxygen atoms in total. The molecular weight excluding hydrogens is 225 g/mol. The predicted octanol–water partition coefficient (Wildman–Crippen LogP) is -3.22. The third kappa shape index (κ3) is 5.38. The van der Waals surface area contributed by atoms with Gasteiger partial charge in [-0.3, -0.25) is 0 Å². The average molecular weight is 235 g/mol. The van der Waals surface area contributed by atoms with E-state index in [0.717, 1.165) is 0 Å². The van der Waals surface area contributed by atoms with Gasteiger partial charge in [-0.15, -0.1) is 5.10 Å². The number of aromatic carboxylic acids is 1. The molecule has 0 unspecified atom stereocenters. The average Bonchev–Trinajstić information content (AvgIpc) is 2.48. The zero-order valence-corrected chi connectivity index (χ0v) is 9.94. The zero-order chi connectivity index (χ0) is 12.3. The maximum absolute atomic E-state index is 11.2. The van der Waals surface area contributed by atoms with E-state index in [2.05, 4.69) is 19.9 Å². The van der Waals surface area contributed by atoms with E-state index in [1.807, 2.05) is 0 Å². The molecule has 0 bridgehead atoms. The van der Waals surface area contributed by atoms with Crippen molar-refractivity contribution in [2.45, 2.75) is 26.4 Å². The van der Waals surface area contributed by atoms with Crippen LogP contribution in [0.5, 0.6) is 0 Å². The van der Waals surface area contributed by atoms with Crippen LogP contribution in [0.3, 0.4) is 0 Å². The molecule has 1 aromatic rings. The molecule has 0 fully saturated rings. The molecule has 0 aromatic carbocycles. The number of carboxylic acids is 1. The van der Waals surface area contributed by atoms with Crippen LogP contribution in [0, 0.1) is 0 Å². The van der Waals surface area contributed by atoms with Crippen molar-refractivity contribution < 1.29 is 42.7 Å². The number of amides is 1. The summed E-state index contributed by atoms with van der Waals surface area (Å²) in [6.45, 7) is 5.02. The van der Waals surface area contributed by atoms with Crippen molar-refractivity contribution >= 4 is 18.1 Å². The van der Waals surface area contributed by atoms with Gasteiger partial charge in [0.2, 0.25) is 0 Å². The second-order valence-corrected chi connectivity index (χ2v) is 3.83. The third-order valence-electron chi connectivity index (χ3n) is 1.21. The summed E-state index contributed by atoms with van der Waals surface area (Å²) in [6, 6.07) is -0.367. The van der Waals surface area contributed by atoms with Gasteiger partial charge in [0, 0.05) is 0 Å². The molecule has 9 heteroatoms. The number of carboxylic acid groups (broad SMARTS) is 1. The molecule has 0 saturated heterocycles. The Hall–Kier alpha value is -1.52. The van der Waals surface area contributed by atoms with Gasteiger partial charge in [0.15, 0.2) is 0 Å². The summed E-state index contributed by atoms with van der Waals surface area (Å²) in [5.74, 6) is -2.34. The first kappa shape index (κ1) is 15.5. The number of hydrogen-bond donors (Lipinski definition) is 1. The molecule has 1 amide bonds. The van der Waals surface area contributed by atoms with Crippen molar-refractivity contribution in [2.75, 3.05) is 5.32 Å². The van der Waals surface area contributed by atoms with Gasteiger partial charge in [-0.1, -0.05) is 5.10 Å². The molecule has 0 aliphatic rings. The molecule has 0 aliphatic carbocycles. The molecule has 1 N–H and O–H groups in total. The molecular formula is C8H10LiN3O5. The van der Waals surface area contributed by atoms with E-state index >= 15 is 0 Å². The fourth-order valence-corrected chi connectivity index (χ4v) is 0.747. The maximum atomic E-state index is 11.2. The van der Waals surface area contributed by atoms with Gasteiger partial charge >= 0.3 is 31.0 Å². The normalized spacial score (nSPS) is 10.3. The first-order valence-electron chi connectivity index (χ1n) is 4.33. The maximum Gasteiger partial charge on any atom is 1.00 e. The van der Waals surface area contributed by atoms with E-state index in [-0.39, 0.29) is 24.9 Å². The van der Waals surface area contributed by atoms with Gasteiger partial charge < -0.3 is 19.1 Å². The molecule has 0 atom stereocenters. The summed E-state index contributed by atoms with van der Waals surface area (Å²) in [7, 11) is 0. The van der Waals surface area contributed by atoms with Crippen molar-refractivity contribution in [1.82, 2.24) is 10.2 Å². The Bertz CT molecular complexity index is 412. The number of carbonyl (C=O) groups excluding carboxylic acids is 2. The largest absolute Gasteiger partial charge is 1.00 e. The van der Waals surface area contributed by atoms with Crippen LogP contribution < -0.4 is 29.3 Å². The first-order chi connectivity index (χ1) is 7.28. The van der Waals surface area contributed by atoms with E-state index in [1.165, 1.54) is 0 Å². The van der Waals surface area contributed by atoms with Gasteiger partial charge in [0.25, 0.3) is 5.89 Å². The van der Waals surface area contributed by atoms with E-state index < -0.39 is 23.6 Å². The number of carbonyl (C=O) groups is 2. The third-order valence-corrected chi connectivity index (χ3v) is 1.21. The first-order valence-corrected chi connectivity index (χ1v) is 4.33. The summed E-state index contributed by atoms with van der Waals surface area (Å²) in [6.07, 6.45) is -0.818. The monoisotopic (exact) mass is 235 g/mol. The summed E-state index contributed by atoms with van der Waals surface area (Å²) in [4.78, 5) is 21.5. The van der Waals surface area contributed by atoms with Crippen LogP contribution in [0.1, 0.15) is 31.5 Å². The Kier molecular flexibility index (Phi) is 5.19. The second-order valence-electron chi connectivity index (χ2n) is 3.83. The molecule has 0 saturated carbocycles. The number of rotatable bonds is 2. The van der Waals surface area contributed by atoms with Gasteiger partial charge in [-0.05, 0) is 20.8 Å². The van der Waals surface area contributed by atoms with E-state index in [0.29, 0.717) is 0 Å². The minimum Gasteiger partial charge on any atom is -0.540 e. The van der Waals surface area contributed by atoms with Crippen LogP contribution >= 0.6 is 0 Å². The Balaban J connectivity index is 0.00000256. The fourth-order valence-electron chi connectivity index (χ4n) is 0.747. The van der Waals surface area contributed by atoms with Crippen LogP contribution in [0.2, 0.25) is 0 Å². The van der Waals surface area contributed by atoms with Gasteiger partial charge in [-0.2, -0.15) is 0 Å². The Labute approximate surface area is 109 Å². The van der Waals surface area contributed by atoms with Gasteiger partial charge in [0.05, 0.1) is 0 Å². The molecule has 1 rings (SSSR count). The van der Waals surface area contributed by atoms with E-state index in [9.17, 15) is 14.7 Å². The summed E-state index contributed by atoms with van der Waals surface area (Å²) in [5.41, 5.74) is -0.679. The Morgan fingerprint density at radius 2 is 1.94 bits per heavy atom. The fraction of sp³-hybridized carbons (Fsp3) is 0.500. The Morgan fingerprint density at radius 3 is 2.35 bits per heavy atom. The number of anilines is 1. The molecule has 1 aromatic heterocycles.